The van der Waals surface area contributed by atoms with Gasteiger partial charge in [-0.2, -0.15) is 0 Å². The first-order valence-electron chi connectivity index (χ1n) is 10.0. The van der Waals surface area contributed by atoms with E-state index < -0.39 is 10.0 Å². The fraction of sp³-hybridized carbons (Fsp3) is 0.391. The predicted molar refractivity (Wildman–Crippen MR) is 112 cm³/mol. The number of aryl methyl sites for hydroxylation is 1. The molecule has 146 valence electrons. The Balaban J connectivity index is 1.70. The number of benzene rings is 2. The second-order valence-corrected chi connectivity index (χ2v) is 10.5. The van der Waals surface area contributed by atoms with Gasteiger partial charge in [-0.3, -0.25) is 0 Å². The summed E-state index contributed by atoms with van der Waals surface area (Å²) in [6, 6.07) is 13.7. The van der Waals surface area contributed by atoms with E-state index in [1.807, 2.05) is 37.4 Å². The zero-order chi connectivity index (χ0) is 19.6. The van der Waals surface area contributed by atoms with Crippen LogP contribution in [0.4, 0.5) is 0 Å². The summed E-state index contributed by atoms with van der Waals surface area (Å²) in [5.74, 6) is 1.13. The third-order valence-electron chi connectivity index (χ3n) is 6.60. The fourth-order valence-electron chi connectivity index (χ4n) is 5.31. The molecule has 1 fully saturated rings. The molecule has 1 aromatic heterocycles. The van der Waals surface area contributed by atoms with Crippen LogP contribution in [0.1, 0.15) is 36.0 Å². The normalized spacial score (nSPS) is 25.0. The van der Waals surface area contributed by atoms with Crippen molar-refractivity contribution in [2.75, 3.05) is 13.6 Å². The number of likely N-dealkylation sites (N-methyl/N-ethyl adjacent to an activating group) is 1. The molecule has 0 saturated carbocycles. The molecule has 0 unspecified atom stereocenters. The molecule has 1 saturated heterocycles. The summed E-state index contributed by atoms with van der Waals surface area (Å²) >= 11 is 0. The third kappa shape index (κ3) is 2.56. The number of fused-ring (bicyclic) bond motifs is 2. The lowest BCUT2D eigenvalue weighted by molar-refractivity contribution is 0.119. The van der Waals surface area contributed by atoms with Gasteiger partial charge < -0.3 is 4.90 Å². The third-order valence-corrected chi connectivity index (χ3v) is 8.29. The second kappa shape index (κ2) is 6.19. The smallest absolute Gasteiger partial charge is 0.268 e. The van der Waals surface area contributed by atoms with Crippen LogP contribution in [-0.4, -0.2) is 36.9 Å². The molecule has 0 N–H and O–H groups in total. The highest BCUT2D eigenvalue weighted by atomic mass is 32.2. The van der Waals surface area contributed by atoms with Crippen LogP contribution in [0.3, 0.4) is 0 Å². The van der Waals surface area contributed by atoms with Crippen molar-refractivity contribution in [1.29, 1.82) is 0 Å². The Labute approximate surface area is 166 Å². The number of rotatable bonds is 2. The Kier molecular flexibility index (Phi) is 3.97. The average molecular weight is 395 g/mol. The number of hydrogen-bond acceptors (Lipinski definition) is 3. The summed E-state index contributed by atoms with van der Waals surface area (Å²) < 4.78 is 28.3. The van der Waals surface area contributed by atoms with Gasteiger partial charge in [0.2, 0.25) is 0 Å². The van der Waals surface area contributed by atoms with Crippen LogP contribution in [0.15, 0.2) is 53.6 Å². The molecular formula is C23H26N2O2S. The molecule has 4 nitrogen and oxygen atoms in total. The summed E-state index contributed by atoms with van der Waals surface area (Å²) in [6.07, 6.45) is 3.95. The highest BCUT2D eigenvalue weighted by Gasteiger charge is 2.39. The van der Waals surface area contributed by atoms with E-state index in [0.29, 0.717) is 22.8 Å². The molecule has 2 heterocycles. The molecule has 1 aliphatic heterocycles. The van der Waals surface area contributed by atoms with Crippen LogP contribution in [0.5, 0.6) is 0 Å². The van der Waals surface area contributed by atoms with Crippen molar-refractivity contribution < 1.29 is 8.42 Å². The number of likely N-dealkylation sites (tertiary alicyclic amines) is 1. The van der Waals surface area contributed by atoms with Gasteiger partial charge in [0.1, 0.15) is 0 Å². The largest absolute Gasteiger partial charge is 0.302 e. The van der Waals surface area contributed by atoms with Crippen LogP contribution in [0.25, 0.3) is 10.9 Å². The summed E-state index contributed by atoms with van der Waals surface area (Å²) in [5, 5.41) is 1.15. The first kappa shape index (κ1) is 18.0. The number of piperidine rings is 1. The average Bonchev–Trinajstić information content (AvgIpc) is 3.04. The highest BCUT2D eigenvalue weighted by Crippen LogP contribution is 2.45. The predicted octanol–water partition coefficient (Wildman–Crippen LogP) is 4.17. The SMILES string of the molecule is Cc1ccc(S(=O)(=O)n2cc3c4c(cccc42)[C@@H]2C[C@H](C)CN(C)[C@@H]2C3)cc1. The molecule has 1 aliphatic carbocycles. The maximum Gasteiger partial charge on any atom is 0.268 e. The Morgan fingerprint density at radius 3 is 2.57 bits per heavy atom. The van der Waals surface area contributed by atoms with E-state index in [9.17, 15) is 8.42 Å². The zero-order valence-corrected chi connectivity index (χ0v) is 17.4. The van der Waals surface area contributed by atoms with Crippen LogP contribution < -0.4 is 0 Å². The van der Waals surface area contributed by atoms with Crippen molar-refractivity contribution in [3.8, 4) is 0 Å². The Hall–Kier alpha value is -2.11. The lowest BCUT2D eigenvalue weighted by Gasteiger charge is -2.44. The van der Waals surface area contributed by atoms with Crippen molar-refractivity contribution in [3.05, 3.63) is 65.4 Å². The summed E-state index contributed by atoms with van der Waals surface area (Å²) in [5.41, 5.74) is 4.34. The van der Waals surface area contributed by atoms with Crippen molar-refractivity contribution in [3.63, 3.8) is 0 Å². The molecule has 0 spiro atoms. The van der Waals surface area contributed by atoms with Crippen molar-refractivity contribution in [2.24, 2.45) is 5.92 Å². The Bertz CT molecular complexity index is 1160. The number of hydrogen-bond donors (Lipinski definition) is 0. The molecule has 2 aliphatic rings. The van der Waals surface area contributed by atoms with Crippen molar-refractivity contribution in [1.82, 2.24) is 8.87 Å². The minimum Gasteiger partial charge on any atom is -0.302 e. The standard InChI is InChI=1S/C23H26N2O2S/c1-15-7-9-18(10-8-15)28(26,27)25-14-17-12-22-20(11-16(2)13-24(22)3)19-5-4-6-21(25)23(17)19/h4-10,14,16,20,22H,11-13H2,1-3H3/t16-,20-,22+/m0/s1. The minimum absolute atomic E-state index is 0.342. The lowest BCUT2D eigenvalue weighted by atomic mass is 9.73. The fourth-order valence-corrected chi connectivity index (χ4v) is 6.69. The molecule has 2 aromatic carbocycles. The van der Waals surface area contributed by atoms with Gasteiger partial charge in [-0.25, -0.2) is 12.4 Å². The van der Waals surface area contributed by atoms with Crippen LogP contribution in [0, 0.1) is 12.8 Å². The maximum atomic E-state index is 13.4. The van der Waals surface area contributed by atoms with Crippen molar-refractivity contribution >= 4 is 20.9 Å². The van der Waals surface area contributed by atoms with E-state index in [1.165, 1.54) is 16.0 Å². The van der Waals surface area contributed by atoms with Gasteiger partial charge in [0.25, 0.3) is 10.0 Å². The first-order chi connectivity index (χ1) is 13.4. The summed E-state index contributed by atoms with van der Waals surface area (Å²) in [6.45, 7) is 5.39. The maximum absolute atomic E-state index is 13.4. The summed E-state index contributed by atoms with van der Waals surface area (Å²) in [7, 11) is -1.41. The van der Waals surface area contributed by atoms with Gasteiger partial charge in [0, 0.05) is 30.1 Å². The molecule has 5 heteroatoms. The van der Waals surface area contributed by atoms with Gasteiger partial charge in [-0.15, -0.1) is 0 Å². The molecule has 3 atom stereocenters. The van der Waals surface area contributed by atoms with E-state index in [2.05, 4.69) is 24.9 Å². The van der Waals surface area contributed by atoms with E-state index >= 15 is 0 Å². The minimum atomic E-state index is -3.61. The molecule has 0 bridgehead atoms. The van der Waals surface area contributed by atoms with Crippen LogP contribution in [0.2, 0.25) is 0 Å². The summed E-state index contributed by atoms with van der Waals surface area (Å²) in [4.78, 5) is 2.81. The number of aromatic nitrogens is 1. The molecule has 28 heavy (non-hydrogen) atoms. The molecule has 3 aromatic rings. The van der Waals surface area contributed by atoms with Crippen LogP contribution >= 0.6 is 0 Å². The van der Waals surface area contributed by atoms with E-state index in [-0.39, 0.29) is 0 Å². The van der Waals surface area contributed by atoms with E-state index in [1.54, 1.807) is 12.1 Å². The van der Waals surface area contributed by atoms with Gasteiger partial charge in [0.15, 0.2) is 0 Å². The molecule has 0 amide bonds. The van der Waals surface area contributed by atoms with Crippen LogP contribution in [-0.2, 0) is 16.4 Å². The van der Waals surface area contributed by atoms with Gasteiger partial charge in [0.05, 0.1) is 10.4 Å². The quantitative estimate of drug-likeness (QED) is 0.655. The Morgan fingerprint density at radius 2 is 1.82 bits per heavy atom. The molecule has 5 rings (SSSR count). The Morgan fingerprint density at radius 1 is 1.07 bits per heavy atom. The highest BCUT2D eigenvalue weighted by molar-refractivity contribution is 7.90. The topological polar surface area (TPSA) is 42.3 Å². The lowest BCUT2D eigenvalue weighted by Crippen LogP contribution is -2.47. The van der Waals surface area contributed by atoms with E-state index in [0.717, 1.165) is 35.0 Å². The van der Waals surface area contributed by atoms with Gasteiger partial charge in [-0.05, 0) is 62.1 Å². The number of nitrogens with zero attached hydrogens (tertiary/aromatic N) is 2. The zero-order valence-electron chi connectivity index (χ0n) is 16.6. The van der Waals surface area contributed by atoms with Gasteiger partial charge in [-0.1, -0.05) is 36.8 Å². The van der Waals surface area contributed by atoms with Gasteiger partial charge >= 0.3 is 0 Å². The second-order valence-electron chi connectivity index (χ2n) is 8.67. The van der Waals surface area contributed by atoms with Crippen molar-refractivity contribution in [2.45, 2.75) is 43.5 Å². The monoisotopic (exact) mass is 394 g/mol. The van der Waals surface area contributed by atoms with E-state index in [4.69, 9.17) is 0 Å². The molecule has 0 radical (unpaired) electrons. The first-order valence-corrected chi connectivity index (χ1v) is 11.5. The molecular weight excluding hydrogens is 368 g/mol.